The lowest BCUT2D eigenvalue weighted by atomic mass is 9.93. The number of halogens is 1. The number of benzene rings is 5. The molecule has 0 bridgehead atoms. The third kappa shape index (κ3) is 2.22. The van der Waals surface area contributed by atoms with E-state index >= 15 is 0 Å². The standard InChI is InChI=1S/C30H16ClNS/c31-17-12-15-27-25(16-17)24-14-13-23-19-7-2-1-6-18(19)21-9-5-10-22-20-8-3-4-11-26(20)32(28(21)22)29(23)30(24)33-27/h1-16H. The third-order valence-corrected chi connectivity index (χ3v) is 8.43. The smallest absolute Gasteiger partial charge is 0.0719 e. The van der Waals surface area contributed by atoms with E-state index in [1.165, 1.54) is 69.9 Å². The highest BCUT2D eigenvalue weighted by Gasteiger charge is 2.26. The van der Waals surface area contributed by atoms with Crippen molar-refractivity contribution in [2.75, 3.05) is 0 Å². The quantitative estimate of drug-likeness (QED) is 0.213. The molecule has 0 fully saturated rings. The van der Waals surface area contributed by atoms with Crippen molar-refractivity contribution >= 4 is 64.9 Å². The molecule has 5 aromatic carbocycles. The largest absolute Gasteiger partial charge is 0.307 e. The summed E-state index contributed by atoms with van der Waals surface area (Å²) in [4.78, 5) is 0. The molecule has 154 valence electrons. The fraction of sp³-hybridized carbons (Fsp3) is 0. The van der Waals surface area contributed by atoms with Crippen LogP contribution in [0.15, 0.2) is 97.1 Å². The first-order valence-corrected chi connectivity index (χ1v) is 12.3. The maximum atomic E-state index is 6.40. The number of hydrogen-bond acceptors (Lipinski definition) is 1. The van der Waals surface area contributed by atoms with Crippen molar-refractivity contribution in [1.82, 2.24) is 4.57 Å². The lowest BCUT2D eigenvalue weighted by Gasteiger charge is -2.14. The molecule has 0 atom stereocenters. The SMILES string of the molecule is Clc1ccc2sc3c4c(ccc3c2c1)-c1ccccc1-c1cccc2c3ccccc3n-4c12. The molecule has 0 aliphatic carbocycles. The van der Waals surface area contributed by atoms with Crippen LogP contribution >= 0.6 is 22.9 Å². The minimum Gasteiger partial charge on any atom is -0.307 e. The Morgan fingerprint density at radius 3 is 2.24 bits per heavy atom. The first-order valence-electron chi connectivity index (χ1n) is 11.1. The summed E-state index contributed by atoms with van der Waals surface area (Å²) >= 11 is 8.27. The molecule has 2 aromatic heterocycles. The molecule has 3 heterocycles. The van der Waals surface area contributed by atoms with Gasteiger partial charge in [-0.1, -0.05) is 84.4 Å². The van der Waals surface area contributed by atoms with Crippen molar-refractivity contribution < 1.29 is 0 Å². The summed E-state index contributed by atoms with van der Waals surface area (Å²) in [6.45, 7) is 0. The van der Waals surface area contributed by atoms with Crippen LogP contribution in [-0.2, 0) is 0 Å². The second kappa shape index (κ2) is 6.26. The van der Waals surface area contributed by atoms with E-state index in [1.807, 2.05) is 17.4 Å². The van der Waals surface area contributed by atoms with Crippen LogP contribution in [0.4, 0.5) is 0 Å². The molecule has 1 aliphatic rings. The van der Waals surface area contributed by atoms with Gasteiger partial charge in [0.1, 0.15) is 0 Å². The van der Waals surface area contributed by atoms with Gasteiger partial charge in [-0.3, -0.25) is 0 Å². The van der Waals surface area contributed by atoms with Crippen molar-refractivity contribution in [1.29, 1.82) is 0 Å². The lowest BCUT2D eigenvalue weighted by molar-refractivity contribution is 1.21. The van der Waals surface area contributed by atoms with Crippen molar-refractivity contribution in [2.45, 2.75) is 0 Å². The van der Waals surface area contributed by atoms with Crippen molar-refractivity contribution in [3.63, 3.8) is 0 Å². The van der Waals surface area contributed by atoms with Gasteiger partial charge < -0.3 is 4.57 Å². The second-order valence-electron chi connectivity index (χ2n) is 8.68. The van der Waals surface area contributed by atoms with Crippen molar-refractivity contribution in [3.05, 3.63) is 102 Å². The van der Waals surface area contributed by atoms with Gasteiger partial charge >= 0.3 is 0 Å². The van der Waals surface area contributed by atoms with Gasteiger partial charge in [-0.05, 0) is 35.4 Å². The molecule has 0 saturated heterocycles. The molecule has 3 heteroatoms. The Morgan fingerprint density at radius 2 is 1.33 bits per heavy atom. The molecule has 0 amide bonds. The van der Waals surface area contributed by atoms with E-state index in [4.69, 9.17) is 11.6 Å². The van der Waals surface area contributed by atoms with Crippen LogP contribution in [0.3, 0.4) is 0 Å². The molecule has 0 unspecified atom stereocenters. The van der Waals surface area contributed by atoms with Gasteiger partial charge in [-0.2, -0.15) is 0 Å². The lowest BCUT2D eigenvalue weighted by Crippen LogP contribution is -1.96. The summed E-state index contributed by atoms with van der Waals surface area (Å²) in [6.07, 6.45) is 0. The van der Waals surface area contributed by atoms with E-state index in [0.29, 0.717) is 0 Å². The number of rotatable bonds is 0. The number of para-hydroxylation sites is 2. The first kappa shape index (κ1) is 17.9. The maximum absolute atomic E-state index is 6.40. The Morgan fingerprint density at radius 1 is 0.576 bits per heavy atom. The van der Waals surface area contributed by atoms with Crippen LogP contribution in [-0.4, -0.2) is 4.57 Å². The molecule has 7 aromatic rings. The molecular weight excluding hydrogens is 442 g/mol. The van der Waals surface area contributed by atoms with Gasteiger partial charge in [0.2, 0.25) is 0 Å². The van der Waals surface area contributed by atoms with Crippen molar-refractivity contribution in [2.24, 2.45) is 0 Å². The molecule has 0 N–H and O–H groups in total. The monoisotopic (exact) mass is 457 g/mol. The number of nitrogens with zero attached hydrogens (tertiary/aromatic N) is 1. The Labute approximate surface area is 199 Å². The highest BCUT2D eigenvalue weighted by atomic mass is 35.5. The summed E-state index contributed by atoms with van der Waals surface area (Å²) < 4.78 is 5.08. The predicted molar refractivity (Wildman–Crippen MR) is 143 cm³/mol. The molecule has 0 spiro atoms. The fourth-order valence-electron chi connectivity index (χ4n) is 5.66. The molecule has 33 heavy (non-hydrogen) atoms. The van der Waals surface area contributed by atoms with Gasteiger partial charge in [-0.15, -0.1) is 11.3 Å². The van der Waals surface area contributed by atoms with Crippen LogP contribution in [0.1, 0.15) is 0 Å². The fourth-order valence-corrected chi connectivity index (χ4v) is 7.05. The molecular formula is C30H16ClNS. The summed E-state index contributed by atoms with van der Waals surface area (Å²) in [5, 5.41) is 5.86. The first-order chi connectivity index (χ1) is 16.3. The average Bonchev–Trinajstić information content (AvgIpc) is 3.35. The third-order valence-electron chi connectivity index (χ3n) is 7.00. The van der Waals surface area contributed by atoms with Crippen LogP contribution in [0.25, 0.3) is 69.9 Å². The van der Waals surface area contributed by atoms with E-state index in [2.05, 4.69) is 95.6 Å². The Balaban J connectivity index is 1.71. The van der Waals surface area contributed by atoms with Gasteiger partial charge in [0.15, 0.2) is 0 Å². The van der Waals surface area contributed by atoms with Crippen LogP contribution in [0.5, 0.6) is 0 Å². The number of fused-ring (bicyclic) bond motifs is 12. The van der Waals surface area contributed by atoms with E-state index < -0.39 is 0 Å². The minimum absolute atomic E-state index is 0.779. The van der Waals surface area contributed by atoms with Crippen molar-refractivity contribution in [3.8, 4) is 27.9 Å². The maximum Gasteiger partial charge on any atom is 0.0719 e. The highest BCUT2D eigenvalue weighted by Crippen LogP contribution is 2.50. The predicted octanol–water partition coefficient (Wildman–Crippen LogP) is 9.45. The van der Waals surface area contributed by atoms with Crippen LogP contribution in [0.2, 0.25) is 5.02 Å². The normalized spacial score (nSPS) is 12.4. The Bertz CT molecular complexity index is 1940. The molecule has 8 rings (SSSR count). The molecule has 0 radical (unpaired) electrons. The average molecular weight is 458 g/mol. The van der Waals surface area contributed by atoms with Gasteiger partial charge in [0.05, 0.1) is 21.4 Å². The Hall–Kier alpha value is -3.59. The van der Waals surface area contributed by atoms with Gasteiger partial charge in [0.25, 0.3) is 0 Å². The summed E-state index contributed by atoms with van der Waals surface area (Å²) in [5.74, 6) is 0. The molecule has 1 nitrogen and oxygen atoms in total. The summed E-state index contributed by atoms with van der Waals surface area (Å²) in [7, 11) is 0. The van der Waals surface area contributed by atoms with Gasteiger partial charge in [0, 0.05) is 42.4 Å². The van der Waals surface area contributed by atoms with Crippen LogP contribution < -0.4 is 0 Å². The zero-order valence-electron chi connectivity index (χ0n) is 17.5. The molecule has 1 aliphatic heterocycles. The topological polar surface area (TPSA) is 4.93 Å². The van der Waals surface area contributed by atoms with E-state index in [0.717, 1.165) is 5.02 Å². The molecule has 0 saturated carbocycles. The number of thiophene rings is 1. The highest BCUT2D eigenvalue weighted by molar-refractivity contribution is 7.26. The van der Waals surface area contributed by atoms with E-state index in [1.54, 1.807) is 0 Å². The van der Waals surface area contributed by atoms with E-state index in [-0.39, 0.29) is 0 Å². The minimum atomic E-state index is 0.779. The second-order valence-corrected chi connectivity index (χ2v) is 10.2. The zero-order chi connectivity index (χ0) is 21.7. The Kier molecular flexibility index (Phi) is 3.39. The zero-order valence-corrected chi connectivity index (χ0v) is 19.0. The summed E-state index contributed by atoms with van der Waals surface area (Å²) in [5.41, 5.74) is 8.93. The van der Waals surface area contributed by atoms with Gasteiger partial charge in [-0.25, -0.2) is 0 Å². The van der Waals surface area contributed by atoms with E-state index in [9.17, 15) is 0 Å². The van der Waals surface area contributed by atoms with Crippen LogP contribution in [0, 0.1) is 0 Å². The number of hydrogen-bond donors (Lipinski definition) is 0. The summed E-state index contributed by atoms with van der Waals surface area (Å²) in [6, 6.07) is 35.1. The number of aromatic nitrogens is 1.